The number of nitrogens with zero attached hydrogens (tertiary/aromatic N) is 1. The first-order chi connectivity index (χ1) is 6.59. The summed E-state index contributed by atoms with van der Waals surface area (Å²) in [6, 6.07) is 3.61. The van der Waals surface area contributed by atoms with Crippen LogP contribution in [0.3, 0.4) is 0 Å². The summed E-state index contributed by atoms with van der Waals surface area (Å²) in [5.41, 5.74) is 6.35. The minimum atomic E-state index is -0.559. The second-order valence-corrected chi connectivity index (χ2v) is 3.11. The third-order valence-corrected chi connectivity index (χ3v) is 2.02. The van der Waals surface area contributed by atoms with Crippen LogP contribution in [0.2, 0.25) is 0 Å². The number of hydrogen-bond donors (Lipinski definition) is 1. The van der Waals surface area contributed by atoms with Crippen LogP contribution in [0.4, 0.5) is 14.5 Å². The maximum Gasteiger partial charge on any atom is 0.149 e. The molecule has 2 rings (SSSR count). The molecule has 0 fully saturated rings. The fourth-order valence-corrected chi connectivity index (χ4v) is 1.43. The molecule has 0 saturated heterocycles. The van der Waals surface area contributed by atoms with E-state index in [9.17, 15) is 8.78 Å². The van der Waals surface area contributed by atoms with Gasteiger partial charge in [0.2, 0.25) is 0 Å². The molecule has 0 spiro atoms. The number of pyridine rings is 1. The van der Waals surface area contributed by atoms with Crippen molar-refractivity contribution in [1.82, 2.24) is 4.98 Å². The first-order valence-electron chi connectivity index (χ1n) is 4.10. The Kier molecular flexibility index (Phi) is 1.84. The van der Waals surface area contributed by atoms with Crippen molar-refractivity contribution in [3.05, 3.63) is 35.5 Å². The fraction of sp³-hybridized carbons (Fsp3) is 0.100. The van der Waals surface area contributed by atoms with Gasteiger partial charge in [0.25, 0.3) is 0 Å². The molecule has 0 aliphatic rings. The third kappa shape index (κ3) is 1.19. The molecule has 14 heavy (non-hydrogen) atoms. The number of fused-ring (bicyclic) bond motifs is 1. The zero-order valence-electron chi connectivity index (χ0n) is 7.51. The Hall–Kier alpha value is -1.71. The second kappa shape index (κ2) is 2.90. The van der Waals surface area contributed by atoms with Gasteiger partial charge in [-0.2, -0.15) is 0 Å². The highest BCUT2D eigenvalue weighted by Gasteiger charge is 2.10. The van der Waals surface area contributed by atoms with Crippen molar-refractivity contribution < 1.29 is 8.78 Å². The van der Waals surface area contributed by atoms with Crippen LogP contribution in [-0.2, 0) is 0 Å². The summed E-state index contributed by atoms with van der Waals surface area (Å²) in [6.45, 7) is 1.68. The number of benzene rings is 1. The lowest BCUT2D eigenvalue weighted by Crippen LogP contribution is -1.96. The van der Waals surface area contributed by atoms with Crippen LogP contribution in [0.15, 0.2) is 18.2 Å². The minimum Gasteiger partial charge on any atom is -0.398 e. The molecule has 2 aromatic rings. The topological polar surface area (TPSA) is 38.9 Å². The predicted molar refractivity (Wildman–Crippen MR) is 50.8 cm³/mol. The van der Waals surface area contributed by atoms with E-state index in [1.807, 2.05) is 0 Å². The van der Waals surface area contributed by atoms with Gasteiger partial charge >= 0.3 is 0 Å². The largest absolute Gasteiger partial charge is 0.398 e. The molecule has 2 N–H and O–H groups in total. The van der Waals surface area contributed by atoms with Crippen molar-refractivity contribution in [2.45, 2.75) is 6.92 Å². The molecular formula is C10H8F2N2. The lowest BCUT2D eigenvalue weighted by molar-refractivity contribution is 0.615. The highest BCUT2D eigenvalue weighted by molar-refractivity contribution is 5.91. The molecule has 72 valence electrons. The molecule has 2 nitrogen and oxygen atoms in total. The fourth-order valence-electron chi connectivity index (χ4n) is 1.43. The molecular weight excluding hydrogens is 186 g/mol. The predicted octanol–water partition coefficient (Wildman–Crippen LogP) is 2.40. The van der Waals surface area contributed by atoms with Gasteiger partial charge in [-0.25, -0.2) is 13.8 Å². The van der Waals surface area contributed by atoms with E-state index in [0.29, 0.717) is 5.69 Å². The van der Waals surface area contributed by atoms with Gasteiger partial charge < -0.3 is 5.73 Å². The van der Waals surface area contributed by atoms with Crippen LogP contribution in [-0.4, -0.2) is 4.98 Å². The summed E-state index contributed by atoms with van der Waals surface area (Å²) >= 11 is 0. The molecule has 1 heterocycles. The Morgan fingerprint density at radius 1 is 1.21 bits per heavy atom. The monoisotopic (exact) mass is 194 g/mol. The lowest BCUT2D eigenvalue weighted by atomic mass is 10.1. The van der Waals surface area contributed by atoms with Crippen LogP contribution >= 0.6 is 0 Å². The van der Waals surface area contributed by atoms with Gasteiger partial charge in [0.15, 0.2) is 0 Å². The Morgan fingerprint density at radius 2 is 1.86 bits per heavy atom. The van der Waals surface area contributed by atoms with Gasteiger partial charge in [-0.1, -0.05) is 0 Å². The Bertz CT molecular complexity index is 509. The van der Waals surface area contributed by atoms with E-state index in [-0.39, 0.29) is 16.6 Å². The molecule has 0 bridgehead atoms. The van der Waals surface area contributed by atoms with Gasteiger partial charge in [-0.15, -0.1) is 0 Å². The molecule has 0 amide bonds. The molecule has 1 aromatic heterocycles. The molecule has 1 aromatic carbocycles. The van der Waals surface area contributed by atoms with Crippen LogP contribution in [0.1, 0.15) is 5.69 Å². The zero-order chi connectivity index (χ0) is 10.3. The number of aromatic nitrogens is 1. The molecule has 0 aliphatic heterocycles. The van der Waals surface area contributed by atoms with Gasteiger partial charge in [0.1, 0.15) is 17.2 Å². The average Bonchev–Trinajstić information content (AvgIpc) is 2.10. The number of aryl methyl sites for hydroxylation is 1. The van der Waals surface area contributed by atoms with Gasteiger partial charge in [0.05, 0.1) is 5.39 Å². The zero-order valence-corrected chi connectivity index (χ0v) is 7.51. The number of nitrogen functional groups attached to an aromatic ring is 1. The molecule has 0 saturated carbocycles. The normalized spacial score (nSPS) is 10.8. The molecule has 0 atom stereocenters. The van der Waals surface area contributed by atoms with E-state index in [1.54, 1.807) is 6.92 Å². The Balaban J connectivity index is 3.00. The maximum absolute atomic E-state index is 13.3. The first-order valence-corrected chi connectivity index (χ1v) is 4.10. The summed E-state index contributed by atoms with van der Waals surface area (Å²) < 4.78 is 26.5. The average molecular weight is 194 g/mol. The smallest absolute Gasteiger partial charge is 0.149 e. The van der Waals surface area contributed by atoms with E-state index in [2.05, 4.69) is 4.98 Å². The first kappa shape index (κ1) is 8.87. The number of rotatable bonds is 0. The summed E-state index contributed by atoms with van der Waals surface area (Å²) in [4.78, 5) is 3.90. The number of hydrogen-bond acceptors (Lipinski definition) is 2. The maximum atomic E-state index is 13.3. The number of halogens is 2. The second-order valence-electron chi connectivity index (χ2n) is 3.11. The highest BCUT2D eigenvalue weighted by atomic mass is 19.1. The minimum absolute atomic E-state index is 0.0116. The van der Waals surface area contributed by atoms with E-state index in [0.717, 1.165) is 12.1 Å². The van der Waals surface area contributed by atoms with E-state index >= 15 is 0 Å². The summed E-state index contributed by atoms with van der Waals surface area (Å²) in [5.74, 6) is -1.11. The quantitative estimate of drug-likeness (QED) is 0.699. The number of nitrogens with two attached hydrogens (primary N) is 1. The van der Waals surface area contributed by atoms with Crippen LogP contribution in [0.5, 0.6) is 0 Å². The molecule has 4 heteroatoms. The SMILES string of the molecule is Cc1cc(N)c2c(F)ccc(F)c2n1. The lowest BCUT2D eigenvalue weighted by Gasteiger charge is -2.04. The van der Waals surface area contributed by atoms with Gasteiger partial charge in [-0.3, -0.25) is 0 Å². The van der Waals surface area contributed by atoms with Crippen molar-refractivity contribution in [2.24, 2.45) is 0 Å². The van der Waals surface area contributed by atoms with E-state index < -0.39 is 11.6 Å². The highest BCUT2D eigenvalue weighted by Crippen LogP contribution is 2.25. The van der Waals surface area contributed by atoms with Crippen LogP contribution < -0.4 is 5.73 Å². The number of anilines is 1. The molecule has 0 unspecified atom stereocenters. The van der Waals surface area contributed by atoms with Crippen molar-refractivity contribution in [3.63, 3.8) is 0 Å². The third-order valence-electron chi connectivity index (χ3n) is 2.02. The standard InChI is InChI=1S/C10H8F2N2/c1-5-4-8(13)9-6(11)2-3-7(12)10(9)14-5/h2-4H,1H3,(H2,13,14). The summed E-state index contributed by atoms with van der Waals surface area (Å²) in [5, 5.41) is 0.0515. The summed E-state index contributed by atoms with van der Waals surface area (Å²) in [7, 11) is 0. The van der Waals surface area contributed by atoms with Crippen LogP contribution in [0, 0.1) is 18.6 Å². The molecule has 0 radical (unpaired) electrons. The van der Waals surface area contributed by atoms with Crippen LogP contribution in [0.25, 0.3) is 10.9 Å². The van der Waals surface area contributed by atoms with Crippen molar-refractivity contribution in [2.75, 3.05) is 5.73 Å². The van der Waals surface area contributed by atoms with Crippen molar-refractivity contribution >= 4 is 16.6 Å². The van der Waals surface area contributed by atoms with E-state index in [4.69, 9.17) is 5.73 Å². The summed E-state index contributed by atoms with van der Waals surface area (Å²) in [6.07, 6.45) is 0. The van der Waals surface area contributed by atoms with Gasteiger partial charge in [-0.05, 0) is 25.1 Å². The van der Waals surface area contributed by atoms with Crippen molar-refractivity contribution in [1.29, 1.82) is 0 Å². The van der Waals surface area contributed by atoms with Crippen molar-refractivity contribution in [3.8, 4) is 0 Å². The van der Waals surface area contributed by atoms with E-state index in [1.165, 1.54) is 6.07 Å². The molecule has 0 aliphatic carbocycles. The Morgan fingerprint density at radius 3 is 2.57 bits per heavy atom. The van der Waals surface area contributed by atoms with Gasteiger partial charge in [0, 0.05) is 11.4 Å². The Labute approximate surface area is 79.4 Å².